The van der Waals surface area contributed by atoms with Gasteiger partial charge in [-0.2, -0.15) is 0 Å². The molecule has 0 aliphatic heterocycles. The number of carbonyl (C=O) groups excluding carboxylic acids is 1. The summed E-state index contributed by atoms with van der Waals surface area (Å²) in [7, 11) is 0. The molecule has 0 amide bonds. The first-order valence-electron chi connectivity index (χ1n) is 6.57. The van der Waals surface area contributed by atoms with Crippen molar-refractivity contribution in [3.05, 3.63) is 12.7 Å². The van der Waals surface area contributed by atoms with Crippen molar-refractivity contribution in [3.63, 3.8) is 0 Å². The van der Waals surface area contributed by atoms with Gasteiger partial charge in [-0.3, -0.25) is 0 Å². The fraction of sp³-hybridized carbons (Fsp3) is 0.786. The van der Waals surface area contributed by atoms with E-state index in [1.54, 1.807) is 0 Å². The third-order valence-corrected chi connectivity index (χ3v) is 5.98. The smallest absolute Gasteiger partial charge is 0.330 e. The van der Waals surface area contributed by atoms with E-state index in [0.717, 1.165) is 32.1 Å². The zero-order valence-electron chi connectivity index (χ0n) is 10.5. The monoisotopic (exact) mass is 362 g/mol. The van der Waals surface area contributed by atoms with E-state index in [-0.39, 0.29) is 14.8 Å². The zero-order chi connectivity index (χ0) is 13.0. The van der Waals surface area contributed by atoms with E-state index in [9.17, 15) is 9.90 Å². The predicted octanol–water partition coefficient (Wildman–Crippen LogP) is 2.60. The van der Waals surface area contributed by atoms with E-state index in [2.05, 4.69) is 29.2 Å². The van der Waals surface area contributed by atoms with Gasteiger partial charge in [-0.15, -0.1) is 0 Å². The van der Waals surface area contributed by atoms with Crippen LogP contribution in [0.3, 0.4) is 0 Å². The second-order valence-corrected chi connectivity index (χ2v) is 8.98. The van der Waals surface area contributed by atoms with Gasteiger partial charge in [0.25, 0.3) is 0 Å². The Kier molecular flexibility index (Phi) is 2.83. The van der Waals surface area contributed by atoms with Crippen LogP contribution in [-0.4, -0.2) is 26.7 Å². The molecule has 4 fully saturated rings. The van der Waals surface area contributed by atoms with Crippen LogP contribution < -0.4 is 0 Å². The van der Waals surface area contributed by atoms with Crippen LogP contribution in [0.2, 0.25) is 0 Å². The van der Waals surface area contributed by atoms with Gasteiger partial charge in [-0.05, 0) is 44.4 Å². The van der Waals surface area contributed by atoms with Crippen molar-refractivity contribution in [2.75, 3.05) is 6.61 Å². The molecule has 1 N–H and O–H groups in total. The number of alkyl halides is 1. The van der Waals surface area contributed by atoms with Crippen LogP contribution >= 0.6 is 22.6 Å². The SMILES string of the molecule is C=CC(=O)OCC12CC3CC(O)(CC(I)(C3)C1)C2. The van der Waals surface area contributed by atoms with E-state index < -0.39 is 5.60 Å². The van der Waals surface area contributed by atoms with Crippen molar-refractivity contribution < 1.29 is 14.6 Å². The molecule has 3 nitrogen and oxygen atoms in total. The number of esters is 1. The Morgan fingerprint density at radius 2 is 2.17 bits per heavy atom. The minimum atomic E-state index is -0.513. The molecule has 4 atom stereocenters. The van der Waals surface area contributed by atoms with E-state index >= 15 is 0 Å². The Bertz CT molecular complexity index is 388. The second-order valence-electron chi connectivity index (χ2n) is 6.70. The average Bonchev–Trinajstić information content (AvgIpc) is 2.21. The normalized spacial score (nSPS) is 49.1. The first-order valence-corrected chi connectivity index (χ1v) is 7.65. The summed E-state index contributed by atoms with van der Waals surface area (Å²) in [4.78, 5) is 11.3. The predicted molar refractivity (Wildman–Crippen MR) is 76.5 cm³/mol. The highest BCUT2D eigenvalue weighted by Gasteiger charge is 2.62. The molecule has 0 radical (unpaired) electrons. The fourth-order valence-corrected chi connectivity index (χ4v) is 7.05. The van der Waals surface area contributed by atoms with Crippen LogP contribution in [0.1, 0.15) is 38.5 Å². The lowest BCUT2D eigenvalue weighted by Gasteiger charge is -2.63. The van der Waals surface area contributed by atoms with Gasteiger partial charge in [-0.1, -0.05) is 29.2 Å². The minimum absolute atomic E-state index is 0.00796. The summed E-state index contributed by atoms with van der Waals surface area (Å²) in [5, 5.41) is 10.7. The van der Waals surface area contributed by atoms with Crippen LogP contribution in [0.5, 0.6) is 0 Å². The van der Waals surface area contributed by atoms with Crippen LogP contribution in [0.4, 0.5) is 0 Å². The highest BCUT2D eigenvalue weighted by atomic mass is 127. The Balaban J connectivity index is 1.80. The summed E-state index contributed by atoms with van der Waals surface area (Å²) in [6.07, 6.45) is 7.26. The van der Waals surface area contributed by atoms with Crippen LogP contribution in [0.15, 0.2) is 12.7 Å². The maximum absolute atomic E-state index is 11.3. The third-order valence-electron chi connectivity index (χ3n) is 4.77. The standard InChI is InChI=1S/C14H19IO3/c1-2-11(16)18-9-12-3-10-4-13(15,6-12)8-14(17,5-10)7-12/h2,10,17H,1,3-9H2. The van der Waals surface area contributed by atoms with E-state index in [0.29, 0.717) is 12.5 Å². The Morgan fingerprint density at radius 3 is 2.78 bits per heavy atom. The maximum Gasteiger partial charge on any atom is 0.330 e. The van der Waals surface area contributed by atoms with Crippen molar-refractivity contribution in [2.45, 2.75) is 47.5 Å². The number of carbonyl (C=O) groups is 1. The first kappa shape index (κ1) is 12.9. The molecule has 0 aromatic carbocycles. The van der Waals surface area contributed by atoms with Gasteiger partial charge in [0.2, 0.25) is 0 Å². The molecular weight excluding hydrogens is 343 g/mol. The molecule has 0 saturated heterocycles. The molecule has 4 bridgehead atoms. The average molecular weight is 362 g/mol. The van der Waals surface area contributed by atoms with Gasteiger partial charge < -0.3 is 9.84 Å². The quantitative estimate of drug-likeness (QED) is 0.363. The number of hydrogen-bond donors (Lipinski definition) is 1. The van der Waals surface area contributed by atoms with Crippen molar-refractivity contribution in [1.82, 2.24) is 0 Å². The number of aliphatic hydroxyl groups is 1. The molecule has 0 aromatic heterocycles. The summed E-state index contributed by atoms with van der Waals surface area (Å²) in [5.41, 5.74) is -0.505. The topological polar surface area (TPSA) is 46.5 Å². The van der Waals surface area contributed by atoms with Gasteiger partial charge in [0.1, 0.15) is 0 Å². The second kappa shape index (κ2) is 3.95. The van der Waals surface area contributed by atoms with E-state index in [1.165, 1.54) is 12.5 Å². The van der Waals surface area contributed by atoms with Gasteiger partial charge in [0.15, 0.2) is 0 Å². The lowest BCUT2D eigenvalue weighted by Crippen LogP contribution is -2.62. The zero-order valence-corrected chi connectivity index (χ0v) is 12.6. The van der Waals surface area contributed by atoms with Crippen molar-refractivity contribution in [3.8, 4) is 0 Å². The highest BCUT2D eigenvalue weighted by molar-refractivity contribution is 14.1. The summed E-state index contributed by atoms with van der Waals surface area (Å²) < 4.78 is 5.51. The number of hydrogen-bond acceptors (Lipinski definition) is 3. The molecule has 18 heavy (non-hydrogen) atoms. The summed E-state index contributed by atoms with van der Waals surface area (Å²) in [6, 6.07) is 0. The molecule has 100 valence electrons. The van der Waals surface area contributed by atoms with Crippen LogP contribution in [-0.2, 0) is 9.53 Å². The number of rotatable bonds is 3. The molecule has 4 heteroatoms. The largest absolute Gasteiger partial charge is 0.462 e. The van der Waals surface area contributed by atoms with Crippen molar-refractivity contribution >= 4 is 28.6 Å². The minimum Gasteiger partial charge on any atom is -0.462 e. The Hall–Kier alpha value is -0.100. The highest BCUT2D eigenvalue weighted by Crippen LogP contribution is 2.65. The maximum atomic E-state index is 11.3. The summed E-state index contributed by atoms with van der Waals surface area (Å²) >= 11 is 2.53. The van der Waals surface area contributed by atoms with E-state index in [1.807, 2.05) is 0 Å². The molecular formula is C14H19IO3. The molecule has 0 aromatic rings. The molecule has 0 spiro atoms. The van der Waals surface area contributed by atoms with Crippen LogP contribution in [0.25, 0.3) is 0 Å². The van der Waals surface area contributed by atoms with E-state index in [4.69, 9.17) is 4.74 Å². The third kappa shape index (κ3) is 2.11. The van der Waals surface area contributed by atoms with Gasteiger partial charge >= 0.3 is 5.97 Å². The first-order chi connectivity index (χ1) is 8.36. The molecule has 4 aliphatic rings. The fourth-order valence-electron chi connectivity index (χ4n) is 4.91. The molecule has 4 saturated carbocycles. The Morgan fingerprint density at radius 1 is 1.39 bits per heavy atom. The lowest BCUT2D eigenvalue weighted by atomic mass is 9.48. The van der Waals surface area contributed by atoms with Crippen molar-refractivity contribution in [2.24, 2.45) is 11.3 Å². The number of ether oxygens (including phenoxy) is 1. The number of halogens is 1. The molecule has 0 heterocycles. The molecule has 4 aliphatic carbocycles. The summed E-state index contributed by atoms with van der Waals surface area (Å²) in [6.45, 7) is 3.87. The van der Waals surface area contributed by atoms with Gasteiger partial charge in [0.05, 0.1) is 12.2 Å². The molecule has 4 rings (SSSR count). The summed E-state index contributed by atoms with van der Waals surface area (Å²) in [5.74, 6) is 0.255. The Labute approximate surface area is 121 Å². The van der Waals surface area contributed by atoms with Crippen molar-refractivity contribution in [1.29, 1.82) is 0 Å². The molecule has 4 unspecified atom stereocenters. The van der Waals surface area contributed by atoms with Crippen LogP contribution in [0, 0.1) is 11.3 Å². The van der Waals surface area contributed by atoms with Gasteiger partial charge in [0, 0.05) is 14.9 Å². The lowest BCUT2D eigenvalue weighted by molar-refractivity contribution is -0.175. The van der Waals surface area contributed by atoms with Gasteiger partial charge in [-0.25, -0.2) is 4.79 Å².